The molecule has 102 valence electrons. The van der Waals surface area contributed by atoms with Gasteiger partial charge in [0.2, 0.25) is 0 Å². The molecule has 1 aliphatic rings. The van der Waals surface area contributed by atoms with Crippen LogP contribution in [0.15, 0.2) is 48.5 Å². The van der Waals surface area contributed by atoms with Gasteiger partial charge in [0.15, 0.2) is 0 Å². The smallest absolute Gasteiger partial charge is 0.315 e. The maximum atomic E-state index is 12.2. The number of hydrogen-bond donors (Lipinski definition) is 1. The maximum absolute atomic E-state index is 12.2. The number of nitrogens with one attached hydrogen (secondary N) is 1. The van der Waals surface area contributed by atoms with Crippen molar-refractivity contribution in [1.82, 2.24) is 0 Å². The van der Waals surface area contributed by atoms with Gasteiger partial charge in [-0.1, -0.05) is 41.9 Å². The molecule has 1 N–H and O–H groups in total. The summed E-state index contributed by atoms with van der Waals surface area (Å²) in [4.78, 5) is 12.2. The Hall–Kier alpha value is -2.00. The van der Waals surface area contributed by atoms with E-state index in [2.05, 4.69) is 5.32 Å². The summed E-state index contributed by atoms with van der Waals surface area (Å²) in [5.74, 6) is -0.437. The number of fused-ring (bicyclic) bond motifs is 1. The number of para-hydroxylation sites is 1. The summed E-state index contributed by atoms with van der Waals surface area (Å²) < 4.78 is 5.39. The van der Waals surface area contributed by atoms with Crippen LogP contribution in [0.3, 0.4) is 0 Å². The number of hydrogen-bond acceptors (Lipinski definition) is 3. The quantitative estimate of drug-likeness (QED) is 0.877. The third kappa shape index (κ3) is 2.63. The van der Waals surface area contributed by atoms with Crippen molar-refractivity contribution in [1.29, 1.82) is 0 Å². The van der Waals surface area contributed by atoms with Crippen molar-refractivity contribution in [3.63, 3.8) is 0 Å². The van der Waals surface area contributed by atoms with Gasteiger partial charge in [-0.05, 0) is 29.3 Å². The zero-order valence-corrected chi connectivity index (χ0v) is 11.6. The highest BCUT2D eigenvalue weighted by molar-refractivity contribution is 6.30. The van der Waals surface area contributed by atoms with Gasteiger partial charge in [0.1, 0.15) is 12.5 Å². The third-order valence-corrected chi connectivity index (χ3v) is 3.62. The normalized spacial score (nSPS) is 16.4. The van der Waals surface area contributed by atoms with Crippen LogP contribution in [0.4, 0.5) is 5.69 Å². The first-order valence-corrected chi connectivity index (χ1v) is 6.86. The standard InChI is InChI=1S/C16H14ClNO2/c17-12-5-3-4-11(8-12)10-20-16(19)14-9-18-15-7-2-1-6-13(14)15/h1-8,14,18H,9-10H2. The van der Waals surface area contributed by atoms with Crippen molar-refractivity contribution >= 4 is 23.3 Å². The number of rotatable bonds is 3. The Morgan fingerprint density at radius 2 is 2.10 bits per heavy atom. The number of anilines is 1. The summed E-state index contributed by atoms with van der Waals surface area (Å²) in [6, 6.07) is 15.1. The van der Waals surface area contributed by atoms with Gasteiger partial charge < -0.3 is 10.1 Å². The lowest BCUT2D eigenvalue weighted by molar-refractivity contribution is -0.146. The Balaban J connectivity index is 1.66. The Bertz CT molecular complexity index is 642. The van der Waals surface area contributed by atoms with Crippen LogP contribution in [0.2, 0.25) is 5.02 Å². The molecular weight excluding hydrogens is 274 g/mol. The molecule has 2 aromatic rings. The minimum absolute atomic E-state index is 0.206. The van der Waals surface area contributed by atoms with Crippen molar-refractivity contribution in [2.24, 2.45) is 0 Å². The van der Waals surface area contributed by atoms with E-state index in [9.17, 15) is 4.79 Å². The highest BCUT2D eigenvalue weighted by atomic mass is 35.5. The van der Waals surface area contributed by atoms with Crippen LogP contribution in [0, 0.1) is 0 Å². The molecule has 0 radical (unpaired) electrons. The number of carbonyl (C=O) groups excluding carboxylic acids is 1. The summed E-state index contributed by atoms with van der Waals surface area (Å²) in [5.41, 5.74) is 2.91. The molecule has 3 nitrogen and oxygen atoms in total. The number of ether oxygens (including phenoxy) is 1. The molecule has 0 bridgehead atoms. The Kier molecular flexibility index (Phi) is 3.61. The van der Waals surface area contributed by atoms with Crippen molar-refractivity contribution in [2.75, 3.05) is 11.9 Å². The predicted molar refractivity (Wildman–Crippen MR) is 78.9 cm³/mol. The molecule has 0 fully saturated rings. The van der Waals surface area contributed by atoms with Gasteiger partial charge in [-0.25, -0.2) is 0 Å². The van der Waals surface area contributed by atoms with Crippen molar-refractivity contribution < 1.29 is 9.53 Å². The number of benzene rings is 2. The number of halogens is 1. The van der Waals surface area contributed by atoms with E-state index in [1.165, 1.54) is 0 Å². The fraction of sp³-hybridized carbons (Fsp3) is 0.188. The molecule has 0 saturated carbocycles. The molecule has 4 heteroatoms. The zero-order valence-electron chi connectivity index (χ0n) is 10.8. The number of carbonyl (C=O) groups is 1. The molecule has 20 heavy (non-hydrogen) atoms. The summed E-state index contributed by atoms with van der Waals surface area (Å²) in [5, 5.41) is 3.86. The van der Waals surface area contributed by atoms with Gasteiger partial charge in [0, 0.05) is 17.3 Å². The first-order chi connectivity index (χ1) is 9.74. The minimum atomic E-state index is -0.231. The van der Waals surface area contributed by atoms with Crippen molar-refractivity contribution in [3.05, 3.63) is 64.7 Å². The highest BCUT2D eigenvalue weighted by Crippen LogP contribution is 2.31. The zero-order chi connectivity index (χ0) is 13.9. The molecule has 0 aliphatic carbocycles. The van der Waals surface area contributed by atoms with Gasteiger partial charge in [0.05, 0.1) is 0 Å². The van der Waals surface area contributed by atoms with Crippen molar-refractivity contribution in [3.8, 4) is 0 Å². The summed E-state index contributed by atoms with van der Waals surface area (Å²) in [6.45, 7) is 0.839. The first kappa shape index (κ1) is 13.0. The van der Waals surface area contributed by atoms with E-state index in [-0.39, 0.29) is 18.5 Å². The Morgan fingerprint density at radius 1 is 1.25 bits per heavy atom. The maximum Gasteiger partial charge on any atom is 0.315 e. The third-order valence-electron chi connectivity index (χ3n) is 3.39. The van der Waals surface area contributed by atoms with Crippen LogP contribution in [0.25, 0.3) is 0 Å². The summed E-state index contributed by atoms with van der Waals surface area (Å²) in [6.07, 6.45) is 0. The molecule has 3 rings (SSSR count). The second kappa shape index (κ2) is 5.55. The van der Waals surface area contributed by atoms with E-state index >= 15 is 0 Å². The summed E-state index contributed by atoms with van der Waals surface area (Å²) >= 11 is 5.90. The van der Waals surface area contributed by atoms with Gasteiger partial charge in [-0.3, -0.25) is 4.79 Å². The second-order valence-corrected chi connectivity index (χ2v) is 5.19. The molecule has 1 unspecified atom stereocenters. The van der Waals surface area contributed by atoms with Crippen LogP contribution in [0.1, 0.15) is 17.0 Å². The minimum Gasteiger partial charge on any atom is -0.460 e. The van der Waals surface area contributed by atoms with Crippen molar-refractivity contribution in [2.45, 2.75) is 12.5 Å². The van der Waals surface area contributed by atoms with Crippen LogP contribution in [-0.2, 0) is 16.1 Å². The number of esters is 1. The van der Waals surface area contributed by atoms with E-state index < -0.39 is 0 Å². The molecule has 0 aromatic heterocycles. The summed E-state index contributed by atoms with van der Waals surface area (Å²) in [7, 11) is 0. The molecule has 0 spiro atoms. The fourth-order valence-electron chi connectivity index (χ4n) is 2.38. The van der Waals surface area contributed by atoms with E-state index in [0.29, 0.717) is 11.6 Å². The Morgan fingerprint density at radius 3 is 2.95 bits per heavy atom. The monoisotopic (exact) mass is 287 g/mol. The first-order valence-electron chi connectivity index (χ1n) is 6.48. The van der Waals surface area contributed by atoms with Crippen LogP contribution in [-0.4, -0.2) is 12.5 Å². The van der Waals surface area contributed by atoms with Gasteiger partial charge >= 0.3 is 5.97 Å². The molecule has 1 aliphatic heterocycles. The topological polar surface area (TPSA) is 38.3 Å². The van der Waals surface area contributed by atoms with E-state index in [1.807, 2.05) is 36.4 Å². The van der Waals surface area contributed by atoms with Gasteiger partial charge in [-0.15, -0.1) is 0 Å². The second-order valence-electron chi connectivity index (χ2n) is 4.76. The fourth-order valence-corrected chi connectivity index (χ4v) is 2.59. The molecular formula is C16H14ClNO2. The Labute approximate surface area is 122 Å². The van der Waals surface area contributed by atoms with E-state index in [0.717, 1.165) is 16.8 Å². The van der Waals surface area contributed by atoms with Crippen LogP contribution in [0.5, 0.6) is 0 Å². The lowest BCUT2D eigenvalue weighted by atomic mass is 10.0. The molecule has 1 atom stereocenters. The van der Waals surface area contributed by atoms with E-state index in [1.54, 1.807) is 12.1 Å². The van der Waals surface area contributed by atoms with Crippen LogP contribution < -0.4 is 5.32 Å². The molecule has 0 saturated heterocycles. The lowest BCUT2D eigenvalue weighted by Gasteiger charge is -2.10. The predicted octanol–water partition coefficient (Wildman–Crippen LogP) is 3.59. The lowest BCUT2D eigenvalue weighted by Crippen LogP contribution is -2.17. The molecule has 0 amide bonds. The average molecular weight is 288 g/mol. The average Bonchev–Trinajstić information content (AvgIpc) is 2.89. The van der Waals surface area contributed by atoms with Crippen LogP contribution >= 0.6 is 11.6 Å². The molecule has 2 aromatic carbocycles. The van der Waals surface area contributed by atoms with Gasteiger partial charge in [0.25, 0.3) is 0 Å². The largest absolute Gasteiger partial charge is 0.460 e. The SMILES string of the molecule is O=C(OCc1cccc(Cl)c1)C1CNc2ccccc21. The molecule has 1 heterocycles. The van der Waals surface area contributed by atoms with Gasteiger partial charge in [-0.2, -0.15) is 0 Å². The highest BCUT2D eigenvalue weighted by Gasteiger charge is 2.29. The van der Waals surface area contributed by atoms with E-state index in [4.69, 9.17) is 16.3 Å².